The predicted molar refractivity (Wildman–Crippen MR) is 66.9 cm³/mol. The molecule has 1 aliphatic rings. The van der Waals surface area contributed by atoms with Gasteiger partial charge in [-0.25, -0.2) is 4.79 Å². The molecule has 0 bridgehead atoms. The van der Waals surface area contributed by atoms with Gasteiger partial charge in [0.15, 0.2) is 0 Å². The molecule has 2 rings (SSSR count). The van der Waals surface area contributed by atoms with E-state index in [9.17, 15) is 4.79 Å². The third kappa shape index (κ3) is 2.55. The summed E-state index contributed by atoms with van der Waals surface area (Å²) >= 11 is 3.36. The highest BCUT2D eigenvalue weighted by atomic mass is 79.9. The van der Waals surface area contributed by atoms with Crippen molar-refractivity contribution in [2.24, 2.45) is 5.92 Å². The van der Waals surface area contributed by atoms with E-state index in [-0.39, 0.29) is 0 Å². The maximum atomic E-state index is 11.0. The Bertz CT molecular complexity index is 415. The Morgan fingerprint density at radius 3 is 2.81 bits per heavy atom. The Labute approximate surface area is 103 Å². The first-order valence-corrected chi connectivity index (χ1v) is 6.16. The molecule has 0 spiro atoms. The van der Waals surface area contributed by atoms with Crippen LogP contribution < -0.4 is 5.32 Å². The first-order chi connectivity index (χ1) is 7.58. The van der Waals surface area contributed by atoms with Crippen molar-refractivity contribution in [3.05, 3.63) is 28.2 Å². The maximum absolute atomic E-state index is 11.0. The SMILES string of the molecule is CC(Nc1cc(Br)ccc1C(=O)O)C1CC1. The van der Waals surface area contributed by atoms with Crippen LogP contribution >= 0.6 is 15.9 Å². The number of carboxylic acids is 1. The van der Waals surface area contributed by atoms with Gasteiger partial charge in [0, 0.05) is 10.5 Å². The number of aromatic carboxylic acids is 1. The third-order valence-electron chi connectivity index (χ3n) is 2.92. The summed E-state index contributed by atoms with van der Waals surface area (Å²) in [7, 11) is 0. The Morgan fingerprint density at radius 2 is 2.25 bits per heavy atom. The van der Waals surface area contributed by atoms with Crippen LogP contribution in [0.5, 0.6) is 0 Å². The van der Waals surface area contributed by atoms with Gasteiger partial charge in [0.1, 0.15) is 0 Å². The summed E-state index contributed by atoms with van der Waals surface area (Å²) in [6, 6.07) is 5.53. The van der Waals surface area contributed by atoms with Crippen LogP contribution in [-0.2, 0) is 0 Å². The lowest BCUT2D eigenvalue weighted by molar-refractivity contribution is 0.0698. The number of rotatable bonds is 4. The van der Waals surface area contributed by atoms with E-state index in [2.05, 4.69) is 28.2 Å². The second-order valence-electron chi connectivity index (χ2n) is 4.27. The monoisotopic (exact) mass is 283 g/mol. The fourth-order valence-corrected chi connectivity index (χ4v) is 2.14. The fraction of sp³-hybridized carbons (Fsp3) is 0.417. The number of carboxylic acid groups (broad SMARTS) is 1. The first kappa shape index (κ1) is 11.5. The lowest BCUT2D eigenvalue weighted by Gasteiger charge is -2.16. The summed E-state index contributed by atoms with van der Waals surface area (Å²) < 4.78 is 0.892. The van der Waals surface area contributed by atoms with Crippen molar-refractivity contribution in [2.75, 3.05) is 5.32 Å². The molecule has 1 atom stereocenters. The molecule has 1 unspecified atom stereocenters. The van der Waals surface area contributed by atoms with Crippen molar-refractivity contribution >= 4 is 27.6 Å². The van der Waals surface area contributed by atoms with E-state index in [0.29, 0.717) is 23.2 Å². The van der Waals surface area contributed by atoms with E-state index in [0.717, 1.165) is 4.47 Å². The van der Waals surface area contributed by atoms with Gasteiger partial charge in [-0.1, -0.05) is 15.9 Å². The highest BCUT2D eigenvalue weighted by Gasteiger charge is 2.28. The van der Waals surface area contributed by atoms with Crippen LogP contribution in [0.15, 0.2) is 22.7 Å². The summed E-state index contributed by atoms with van der Waals surface area (Å²) in [4.78, 5) is 11.0. The van der Waals surface area contributed by atoms with Gasteiger partial charge in [-0.2, -0.15) is 0 Å². The first-order valence-electron chi connectivity index (χ1n) is 5.37. The predicted octanol–water partition coefficient (Wildman–Crippen LogP) is 3.36. The normalized spacial score (nSPS) is 16.9. The highest BCUT2D eigenvalue weighted by Crippen LogP contribution is 2.34. The summed E-state index contributed by atoms with van der Waals surface area (Å²) in [6.07, 6.45) is 2.48. The molecule has 0 heterocycles. The van der Waals surface area contributed by atoms with Gasteiger partial charge in [0.25, 0.3) is 0 Å². The number of anilines is 1. The van der Waals surface area contributed by atoms with Crippen LogP contribution in [0, 0.1) is 5.92 Å². The minimum atomic E-state index is -0.891. The van der Waals surface area contributed by atoms with Gasteiger partial charge in [0.2, 0.25) is 0 Å². The fourth-order valence-electron chi connectivity index (χ4n) is 1.78. The molecular formula is C12H14BrNO2. The third-order valence-corrected chi connectivity index (χ3v) is 3.42. The lowest BCUT2D eigenvalue weighted by Crippen LogP contribution is -2.19. The number of carbonyl (C=O) groups is 1. The smallest absolute Gasteiger partial charge is 0.337 e. The zero-order chi connectivity index (χ0) is 11.7. The van der Waals surface area contributed by atoms with Crippen molar-refractivity contribution in [1.29, 1.82) is 0 Å². The van der Waals surface area contributed by atoms with E-state index in [1.54, 1.807) is 12.1 Å². The second-order valence-corrected chi connectivity index (χ2v) is 5.18. The standard InChI is InChI=1S/C12H14BrNO2/c1-7(8-2-3-8)14-11-6-9(13)4-5-10(11)12(15)16/h4-8,14H,2-3H2,1H3,(H,15,16). The van der Waals surface area contributed by atoms with Crippen LogP contribution in [-0.4, -0.2) is 17.1 Å². The molecule has 1 fully saturated rings. The number of nitrogens with one attached hydrogen (secondary N) is 1. The van der Waals surface area contributed by atoms with E-state index in [1.807, 2.05) is 6.07 Å². The quantitative estimate of drug-likeness (QED) is 0.891. The molecular weight excluding hydrogens is 270 g/mol. The van der Waals surface area contributed by atoms with Crippen molar-refractivity contribution in [3.63, 3.8) is 0 Å². The average Bonchev–Trinajstić information content (AvgIpc) is 2.99. The summed E-state index contributed by atoms with van der Waals surface area (Å²) in [6.45, 7) is 2.10. The van der Waals surface area contributed by atoms with Gasteiger partial charge in [0.05, 0.1) is 11.3 Å². The molecule has 0 amide bonds. The molecule has 0 radical (unpaired) electrons. The zero-order valence-electron chi connectivity index (χ0n) is 9.03. The van der Waals surface area contributed by atoms with Crippen LogP contribution in [0.3, 0.4) is 0 Å². The van der Waals surface area contributed by atoms with E-state index in [4.69, 9.17) is 5.11 Å². The lowest BCUT2D eigenvalue weighted by atomic mass is 10.1. The summed E-state index contributed by atoms with van der Waals surface area (Å²) in [5, 5.41) is 12.4. The number of hydrogen-bond acceptors (Lipinski definition) is 2. The minimum absolute atomic E-state index is 0.329. The molecule has 16 heavy (non-hydrogen) atoms. The van der Waals surface area contributed by atoms with E-state index < -0.39 is 5.97 Å². The largest absolute Gasteiger partial charge is 0.478 e. The zero-order valence-corrected chi connectivity index (χ0v) is 10.6. The minimum Gasteiger partial charge on any atom is -0.478 e. The number of benzene rings is 1. The molecule has 0 aliphatic heterocycles. The van der Waals surface area contributed by atoms with Gasteiger partial charge < -0.3 is 10.4 Å². The Kier molecular flexibility index (Phi) is 3.19. The molecule has 1 aliphatic carbocycles. The van der Waals surface area contributed by atoms with Gasteiger partial charge in [-0.05, 0) is 43.9 Å². The summed E-state index contributed by atoms with van der Waals surface area (Å²) in [5.74, 6) is -0.196. The van der Waals surface area contributed by atoms with Crippen molar-refractivity contribution < 1.29 is 9.90 Å². The van der Waals surface area contributed by atoms with E-state index in [1.165, 1.54) is 12.8 Å². The Morgan fingerprint density at radius 1 is 1.56 bits per heavy atom. The molecule has 1 aromatic rings. The average molecular weight is 284 g/mol. The van der Waals surface area contributed by atoms with Crippen molar-refractivity contribution in [3.8, 4) is 0 Å². The molecule has 1 aromatic carbocycles. The maximum Gasteiger partial charge on any atom is 0.337 e. The Hall–Kier alpha value is -1.03. The van der Waals surface area contributed by atoms with Crippen LogP contribution in [0.2, 0.25) is 0 Å². The molecule has 3 nitrogen and oxygen atoms in total. The number of hydrogen-bond donors (Lipinski definition) is 2. The summed E-state index contributed by atoms with van der Waals surface area (Å²) in [5.41, 5.74) is 1.02. The molecule has 86 valence electrons. The van der Waals surface area contributed by atoms with Crippen LogP contribution in [0.1, 0.15) is 30.1 Å². The van der Waals surface area contributed by atoms with Crippen LogP contribution in [0.25, 0.3) is 0 Å². The molecule has 0 aromatic heterocycles. The van der Waals surface area contributed by atoms with Crippen molar-refractivity contribution in [2.45, 2.75) is 25.8 Å². The van der Waals surface area contributed by atoms with Crippen LogP contribution in [0.4, 0.5) is 5.69 Å². The van der Waals surface area contributed by atoms with Gasteiger partial charge in [-0.3, -0.25) is 0 Å². The molecule has 1 saturated carbocycles. The Balaban J connectivity index is 2.22. The highest BCUT2D eigenvalue weighted by molar-refractivity contribution is 9.10. The van der Waals surface area contributed by atoms with E-state index >= 15 is 0 Å². The van der Waals surface area contributed by atoms with Crippen molar-refractivity contribution in [1.82, 2.24) is 0 Å². The van der Waals surface area contributed by atoms with Gasteiger partial charge >= 0.3 is 5.97 Å². The second kappa shape index (κ2) is 4.45. The topological polar surface area (TPSA) is 49.3 Å². The molecule has 4 heteroatoms. The number of halogens is 1. The van der Waals surface area contributed by atoms with Gasteiger partial charge in [-0.15, -0.1) is 0 Å². The molecule has 2 N–H and O–H groups in total. The molecule has 0 saturated heterocycles.